The predicted octanol–water partition coefficient (Wildman–Crippen LogP) is 10.0. The second kappa shape index (κ2) is 17.2. The molecule has 0 nitrogen and oxygen atoms in total. The van der Waals surface area contributed by atoms with Crippen LogP contribution in [0.3, 0.4) is 0 Å². The van der Waals surface area contributed by atoms with E-state index in [-0.39, 0.29) is 0 Å². The number of benzene rings is 2. The van der Waals surface area contributed by atoms with Crippen molar-refractivity contribution in [3.05, 3.63) is 70.8 Å². The van der Waals surface area contributed by atoms with Crippen molar-refractivity contribution < 1.29 is 0 Å². The lowest BCUT2D eigenvalue weighted by atomic mass is 9.86. The Hall–Kier alpha value is -1.56. The Morgan fingerprint density at radius 1 is 0.700 bits per heavy atom. The van der Waals surface area contributed by atoms with Gasteiger partial charge >= 0.3 is 0 Å². The third-order valence-corrected chi connectivity index (χ3v) is 4.65. The van der Waals surface area contributed by atoms with Gasteiger partial charge in [0.1, 0.15) is 0 Å². The molecule has 2 aromatic carbocycles. The Morgan fingerprint density at radius 3 is 1.60 bits per heavy atom. The third kappa shape index (κ3) is 14.4. The Morgan fingerprint density at radius 2 is 1.17 bits per heavy atom. The Bertz CT molecular complexity index is 641. The van der Waals surface area contributed by atoms with Crippen LogP contribution in [-0.2, 0) is 12.8 Å². The van der Waals surface area contributed by atoms with E-state index >= 15 is 0 Å². The van der Waals surface area contributed by atoms with Crippen molar-refractivity contribution in [2.45, 2.75) is 108 Å². The first-order valence-electron chi connectivity index (χ1n) is 12.2. The van der Waals surface area contributed by atoms with Crippen molar-refractivity contribution in [3.8, 4) is 0 Å². The zero-order chi connectivity index (χ0) is 23.7. The molecule has 0 fully saturated rings. The maximum absolute atomic E-state index is 2.29. The van der Waals surface area contributed by atoms with Gasteiger partial charge < -0.3 is 0 Å². The highest BCUT2D eigenvalue weighted by atomic mass is 14.2. The molecule has 30 heavy (non-hydrogen) atoms. The van der Waals surface area contributed by atoms with E-state index in [2.05, 4.69) is 104 Å². The van der Waals surface area contributed by atoms with Gasteiger partial charge in [0.25, 0.3) is 0 Å². The zero-order valence-corrected chi connectivity index (χ0v) is 22.4. The molecule has 0 spiro atoms. The fourth-order valence-corrected chi connectivity index (χ4v) is 3.15. The van der Waals surface area contributed by atoms with Crippen LogP contribution in [-0.4, -0.2) is 0 Å². The van der Waals surface area contributed by atoms with E-state index in [1.165, 1.54) is 41.5 Å². The molecule has 0 aliphatic heterocycles. The van der Waals surface area contributed by atoms with Gasteiger partial charge in [-0.25, -0.2) is 0 Å². The van der Waals surface area contributed by atoms with Gasteiger partial charge in [0.05, 0.1) is 0 Å². The van der Waals surface area contributed by atoms with Crippen LogP contribution in [0.2, 0.25) is 0 Å². The maximum atomic E-state index is 2.29. The lowest BCUT2D eigenvalue weighted by Gasteiger charge is -2.19. The molecule has 2 aromatic rings. The number of hydrogen-bond donors (Lipinski definition) is 0. The minimum absolute atomic E-state index is 0.395. The van der Waals surface area contributed by atoms with Crippen molar-refractivity contribution in [3.63, 3.8) is 0 Å². The topological polar surface area (TPSA) is 0 Å². The fraction of sp³-hybridized carbons (Fsp3) is 0.600. The molecule has 0 amide bonds. The molecule has 0 N–H and O–H groups in total. The Labute approximate surface area is 190 Å². The molecule has 2 rings (SSSR count). The first kappa shape index (κ1) is 30.6. The minimum Gasteiger partial charge on any atom is -0.0683 e. The summed E-state index contributed by atoms with van der Waals surface area (Å²) in [6, 6.07) is 17.5. The lowest BCUT2D eigenvalue weighted by Crippen LogP contribution is -2.09. The van der Waals surface area contributed by atoms with Crippen LogP contribution < -0.4 is 0 Å². The summed E-state index contributed by atoms with van der Waals surface area (Å²) >= 11 is 0. The summed E-state index contributed by atoms with van der Waals surface area (Å²) < 4.78 is 0. The van der Waals surface area contributed by atoms with Crippen LogP contribution in [0.1, 0.15) is 111 Å². The average Bonchev–Trinajstić information content (AvgIpc) is 2.71. The van der Waals surface area contributed by atoms with Crippen LogP contribution in [0.25, 0.3) is 0 Å². The monoisotopic (exact) mass is 412 g/mol. The van der Waals surface area contributed by atoms with Crippen molar-refractivity contribution in [2.75, 3.05) is 0 Å². The van der Waals surface area contributed by atoms with Gasteiger partial charge in [-0.15, -0.1) is 0 Å². The maximum Gasteiger partial charge on any atom is -0.0216 e. The van der Waals surface area contributed by atoms with Gasteiger partial charge in [0.2, 0.25) is 0 Å². The third-order valence-electron chi connectivity index (χ3n) is 4.65. The highest BCUT2D eigenvalue weighted by Gasteiger charge is 2.11. The molecule has 0 aromatic heterocycles. The predicted molar refractivity (Wildman–Crippen MR) is 141 cm³/mol. The number of hydrogen-bond acceptors (Lipinski definition) is 0. The standard InChI is InChI=1S/C14H22.C12H18.2C2H6/c1-11(2)9-10-13-7-5-6-8-14(13)12(3)4;1-10-7-5-6-8-11(10)9-12(2,3)4;2*1-2/h5-8,11-12H,9-10H2,1-4H3;5-8H,9H2,1-4H3;2*1-2H3. The molecular weight excluding hydrogens is 360 g/mol. The smallest absolute Gasteiger partial charge is 0.0216 e. The van der Waals surface area contributed by atoms with E-state index in [4.69, 9.17) is 0 Å². The molecule has 0 radical (unpaired) electrons. The second-order valence-corrected chi connectivity index (χ2v) is 9.45. The van der Waals surface area contributed by atoms with Crippen LogP contribution in [0.5, 0.6) is 0 Å². The molecule has 0 bridgehead atoms. The summed E-state index contributed by atoms with van der Waals surface area (Å²) in [6.45, 7) is 26.1. The fourth-order valence-electron chi connectivity index (χ4n) is 3.15. The van der Waals surface area contributed by atoms with Gasteiger partial charge in [0.15, 0.2) is 0 Å². The summed E-state index contributed by atoms with van der Waals surface area (Å²) in [4.78, 5) is 0. The quantitative estimate of drug-likeness (QED) is 0.458. The lowest BCUT2D eigenvalue weighted by molar-refractivity contribution is 0.410. The molecule has 0 saturated carbocycles. The van der Waals surface area contributed by atoms with Crippen LogP contribution in [0.4, 0.5) is 0 Å². The number of rotatable bonds is 5. The highest BCUT2D eigenvalue weighted by Crippen LogP contribution is 2.22. The minimum atomic E-state index is 0.395. The summed E-state index contributed by atoms with van der Waals surface area (Å²) in [5, 5.41) is 0. The highest BCUT2D eigenvalue weighted by molar-refractivity contribution is 5.29. The van der Waals surface area contributed by atoms with Gasteiger partial charge in [0, 0.05) is 0 Å². The molecule has 0 saturated heterocycles. The van der Waals surface area contributed by atoms with E-state index < -0.39 is 0 Å². The first-order valence-corrected chi connectivity index (χ1v) is 12.2. The van der Waals surface area contributed by atoms with Crippen molar-refractivity contribution >= 4 is 0 Å². The second-order valence-electron chi connectivity index (χ2n) is 9.45. The van der Waals surface area contributed by atoms with Crippen molar-refractivity contribution in [1.82, 2.24) is 0 Å². The molecule has 0 heterocycles. The van der Waals surface area contributed by atoms with Gasteiger partial charge in [-0.3, -0.25) is 0 Å². The largest absolute Gasteiger partial charge is 0.0683 e. The van der Waals surface area contributed by atoms with E-state index in [0.29, 0.717) is 11.3 Å². The Balaban J connectivity index is 0. The summed E-state index contributed by atoms with van der Waals surface area (Å²) in [7, 11) is 0. The zero-order valence-electron chi connectivity index (χ0n) is 22.4. The Kier molecular flexibility index (Phi) is 17.5. The molecule has 0 atom stereocenters. The SMILES string of the molecule is CC.CC.CC(C)CCc1ccccc1C(C)C.Cc1ccccc1CC(C)(C)C. The van der Waals surface area contributed by atoms with E-state index in [0.717, 1.165) is 5.92 Å². The van der Waals surface area contributed by atoms with Crippen molar-refractivity contribution in [2.24, 2.45) is 11.3 Å². The average molecular weight is 413 g/mol. The molecular formula is C30H52. The van der Waals surface area contributed by atoms with Gasteiger partial charge in [-0.2, -0.15) is 0 Å². The number of aryl methyl sites for hydroxylation is 2. The van der Waals surface area contributed by atoms with Gasteiger partial charge in [-0.1, -0.05) is 125 Å². The molecule has 0 aliphatic rings. The molecule has 0 aliphatic carbocycles. The summed E-state index contributed by atoms with van der Waals surface area (Å²) in [6.07, 6.45) is 3.69. The van der Waals surface area contributed by atoms with E-state index in [1.54, 1.807) is 0 Å². The van der Waals surface area contributed by atoms with E-state index in [1.807, 2.05) is 27.7 Å². The van der Waals surface area contributed by atoms with Crippen LogP contribution in [0, 0.1) is 18.3 Å². The summed E-state index contributed by atoms with van der Waals surface area (Å²) in [5.74, 6) is 1.45. The first-order chi connectivity index (χ1) is 14.1. The summed E-state index contributed by atoms with van der Waals surface area (Å²) in [5.41, 5.74) is 6.34. The molecule has 0 heteroatoms. The van der Waals surface area contributed by atoms with E-state index in [9.17, 15) is 0 Å². The van der Waals surface area contributed by atoms with Crippen molar-refractivity contribution in [1.29, 1.82) is 0 Å². The van der Waals surface area contributed by atoms with Gasteiger partial charge in [-0.05, 0) is 65.7 Å². The molecule has 0 unspecified atom stereocenters. The van der Waals surface area contributed by atoms with Crippen LogP contribution in [0.15, 0.2) is 48.5 Å². The normalized spacial score (nSPS) is 10.3. The van der Waals surface area contributed by atoms with Crippen LogP contribution >= 0.6 is 0 Å². The molecule has 172 valence electrons.